The number of guanidine groups is 1. The molecule has 27 heavy (non-hydrogen) atoms. The minimum absolute atomic E-state index is 0.0761. The second-order valence-electron chi connectivity index (χ2n) is 5.85. The number of aryl methyl sites for hydroxylation is 1. The summed E-state index contributed by atoms with van der Waals surface area (Å²) >= 11 is 3.38. The molecule has 0 fully saturated rings. The molecule has 0 saturated carbocycles. The highest BCUT2D eigenvalue weighted by atomic mass is 79.9. The second-order valence-corrected chi connectivity index (χ2v) is 6.76. The van der Waals surface area contributed by atoms with Crippen molar-refractivity contribution in [3.05, 3.63) is 63.6 Å². The molecule has 5 nitrogen and oxygen atoms in total. The maximum atomic E-state index is 13.6. The van der Waals surface area contributed by atoms with E-state index in [0.717, 1.165) is 33.9 Å². The van der Waals surface area contributed by atoms with Crippen LogP contribution in [0.25, 0.3) is 0 Å². The smallest absolute Gasteiger partial charge is 0.226 e. The van der Waals surface area contributed by atoms with Crippen LogP contribution < -0.4 is 16.0 Å². The number of carbonyl (C=O) groups excluding carboxylic acids is 1. The Balaban J connectivity index is 1.79. The summed E-state index contributed by atoms with van der Waals surface area (Å²) in [5.74, 6) is -0.751. The van der Waals surface area contributed by atoms with Gasteiger partial charge in [0, 0.05) is 42.3 Å². The van der Waals surface area contributed by atoms with Gasteiger partial charge in [0.05, 0.1) is 0 Å². The van der Waals surface area contributed by atoms with Crippen LogP contribution in [0.15, 0.2) is 45.9 Å². The van der Waals surface area contributed by atoms with Crippen molar-refractivity contribution in [2.24, 2.45) is 4.99 Å². The van der Waals surface area contributed by atoms with Gasteiger partial charge in [-0.2, -0.15) is 0 Å². The lowest BCUT2D eigenvalue weighted by molar-refractivity contribution is -0.116. The summed E-state index contributed by atoms with van der Waals surface area (Å²) in [5, 5.41) is 8.71. The molecule has 0 aliphatic rings. The summed E-state index contributed by atoms with van der Waals surface area (Å²) in [4.78, 5) is 16.1. The fraction of sp³-hybridized carbons (Fsp3) is 0.263. The van der Waals surface area contributed by atoms with E-state index in [4.69, 9.17) is 0 Å². The molecule has 8 heteroatoms. The summed E-state index contributed by atoms with van der Waals surface area (Å²) in [7, 11) is 1.56. The zero-order valence-electron chi connectivity index (χ0n) is 15.1. The first kappa shape index (κ1) is 20.8. The molecule has 0 bridgehead atoms. The van der Waals surface area contributed by atoms with Gasteiger partial charge in [0.1, 0.15) is 11.6 Å². The molecule has 0 aliphatic heterocycles. The van der Waals surface area contributed by atoms with E-state index in [0.29, 0.717) is 12.5 Å². The Labute approximate surface area is 165 Å². The van der Waals surface area contributed by atoms with Crippen LogP contribution >= 0.6 is 15.9 Å². The number of carbonyl (C=O) groups is 1. The zero-order valence-corrected chi connectivity index (χ0v) is 16.7. The van der Waals surface area contributed by atoms with Gasteiger partial charge in [-0.3, -0.25) is 9.79 Å². The van der Waals surface area contributed by atoms with Gasteiger partial charge in [-0.15, -0.1) is 0 Å². The van der Waals surface area contributed by atoms with Crippen molar-refractivity contribution in [3.8, 4) is 0 Å². The Morgan fingerprint density at radius 1 is 1.15 bits per heavy atom. The molecule has 0 atom stereocenters. The molecule has 2 aromatic rings. The molecule has 3 N–H and O–H groups in total. The summed E-state index contributed by atoms with van der Waals surface area (Å²) in [5.41, 5.74) is 1.91. The van der Waals surface area contributed by atoms with E-state index in [2.05, 4.69) is 36.9 Å². The SMILES string of the molecule is CN=C(NCCC(=O)Nc1cc(Br)ccc1C)NCc1cc(F)ccc1F. The first-order valence-corrected chi connectivity index (χ1v) is 9.13. The van der Waals surface area contributed by atoms with E-state index in [-0.39, 0.29) is 24.4 Å². The number of aliphatic imine (C=N–C) groups is 1. The zero-order chi connectivity index (χ0) is 19.8. The molecule has 2 aromatic carbocycles. The third kappa shape index (κ3) is 6.63. The predicted molar refractivity (Wildman–Crippen MR) is 107 cm³/mol. The van der Waals surface area contributed by atoms with Crippen LogP contribution in [0, 0.1) is 18.6 Å². The van der Waals surface area contributed by atoms with Gasteiger partial charge in [-0.05, 0) is 42.8 Å². The summed E-state index contributed by atoms with van der Waals surface area (Å²) in [6.07, 6.45) is 0.223. The first-order chi connectivity index (χ1) is 12.9. The lowest BCUT2D eigenvalue weighted by Gasteiger charge is -2.13. The number of amides is 1. The molecule has 0 radical (unpaired) electrons. The highest BCUT2D eigenvalue weighted by Gasteiger charge is 2.08. The minimum atomic E-state index is -0.504. The highest BCUT2D eigenvalue weighted by molar-refractivity contribution is 9.10. The topological polar surface area (TPSA) is 65.5 Å². The van der Waals surface area contributed by atoms with E-state index in [9.17, 15) is 13.6 Å². The maximum absolute atomic E-state index is 13.6. The fourth-order valence-electron chi connectivity index (χ4n) is 2.31. The average Bonchev–Trinajstić information content (AvgIpc) is 2.63. The molecule has 0 aliphatic carbocycles. The number of anilines is 1. The van der Waals surface area contributed by atoms with Gasteiger partial charge >= 0.3 is 0 Å². The molecule has 0 heterocycles. The third-order valence-corrected chi connectivity index (χ3v) is 4.29. The van der Waals surface area contributed by atoms with Crippen LogP contribution in [-0.4, -0.2) is 25.5 Å². The van der Waals surface area contributed by atoms with Gasteiger partial charge in [0.15, 0.2) is 5.96 Å². The monoisotopic (exact) mass is 438 g/mol. The number of nitrogens with one attached hydrogen (secondary N) is 3. The van der Waals surface area contributed by atoms with E-state index in [1.54, 1.807) is 7.05 Å². The average molecular weight is 439 g/mol. The molecule has 0 unspecified atom stereocenters. The number of rotatable bonds is 6. The van der Waals surface area contributed by atoms with E-state index in [1.807, 2.05) is 25.1 Å². The van der Waals surface area contributed by atoms with Gasteiger partial charge in [-0.25, -0.2) is 8.78 Å². The number of benzene rings is 2. The van der Waals surface area contributed by atoms with Crippen molar-refractivity contribution in [1.29, 1.82) is 0 Å². The highest BCUT2D eigenvalue weighted by Crippen LogP contribution is 2.20. The summed E-state index contributed by atoms with van der Waals surface area (Å²) < 4.78 is 27.7. The fourth-order valence-corrected chi connectivity index (χ4v) is 2.68. The number of hydrogen-bond acceptors (Lipinski definition) is 2. The molecule has 2 rings (SSSR count). The predicted octanol–water partition coefficient (Wildman–Crippen LogP) is 3.73. The van der Waals surface area contributed by atoms with E-state index >= 15 is 0 Å². The number of halogens is 3. The Morgan fingerprint density at radius 3 is 2.67 bits per heavy atom. The third-order valence-electron chi connectivity index (χ3n) is 3.80. The molecule has 144 valence electrons. The molecule has 0 spiro atoms. The van der Waals surface area contributed by atoms with Gasteiger partial charge in [0.2, 0.25) is 5.91 Å². The lowest BCUT2D eigenvalue weighted by Crippen LogP contribution is -2.38. The normalized spacial score (nSPS) is 11.2. The van der Waals surface area contributed by atoms with Crippen LogP contribution in [0.1, 0.15) is 17.5 Å². The van der Waals surface area contributed by atoms with E-state index in [1.165, 1.54) is 0 Å². The molecular weight excluding hydrogens is 418 g/mol. The van der Waals surface area contributed by atoms with Crippen LogP contribution in [0.4, 0.5) is 14.5 Å². The van der Waals surface area contributed by atoms with Gasteiger partial charge < -0.3 is 16.0 Å². The quantitative estimate of drug-likeness (QED) is 0.475. The molecule has 0 aromatic heterocycles. The van der Waals surface area contributed by atoms with Crippen LogP contribution in [0.3, 0.4) is 0 Å². The van der Waals surface area contributed by atoms with Crippen molar-refractivity contribution in [1.82, 2.24) is 10.6 Å². The van der Waals surface area contributed by atoms with Crippen LogP contribution in [-0.2, 0) is 11.3 Å². The standard InChI is InChI=1S/C19H21BrF2N4O/c1-12-3-4-14(20)10-17(12)26-18(27)7-8-24-19(23-2)25-11-13-9-15(21)5-6-16(13)22/h3-6,9-10H,7-8,11H2,1-2H3,(H,26,27)(H2,23,24,25). The van der Waals surface area contributed by atoms with Crippen molar-refractivity contribution in [3.63, 3.8) is 0 Å². The number of nitrogens with zero attached hydrogens (tertiary/aromatic N) is 1. The molecular formula is C19H21BrF2N4O. The molecule has 1 amide bonds. The number of hydrogen-bond donors (Lipinski definition) is 3. The minimum Gasteiger partial charge on any atom is -0.356 e. The van der Waals surface area contributed by atoms with Gasteiger partial charge in [-0.1, -0.05) is 22.0 Å². The second kappa shape index (κ2) is 10.0. The van der Waals surface area contributed by atoms with Crippen molar-refractivity contribution in [2.45, 2.75) is 19.9 Å². The Hall–Kier alpha value is -2.48. The summed E-state index contributed by atoms with van der Waals surface area (Å²) in [6.45, 7) is 2.33. The van der Waals surface area contributed by atoms with Gasteiger partial charge in [0.25, 0.3) is 0 Å². The Morgan fingerprint density at radius 2 is 1.93 bits per heavy atom. The van der Waals surface area contributed by atoms with Crippen molar-refractivity contribution < 1.29 is 13.6 Å². The summed E-state index contributed by atoms with van der Waals surface area (Å²) in [6, 6.07) is 8.94. The largest absolute Gasteiger partial charge is 0.356 e. The van der Waals surface area contributed by atoms with Crippen molar-refractivity contribution in [2.75, 3.05) is 18.9 Å². The Bertz CT molecular complexity index is 842. The van der Waals surface area contributed by atoms with Crippen LogP contribution in [0.2, 0.25) is 0 Å². The van der Waals surface area contributed by atoms with E-state index < -0.39 is 11.6 Å². The first-order valence-electron chi connectivity index (χ1n) is 8.33. The Kier molecular flexibility index (Phi) is 7.72. The lowest BCUT2D eigenvalue weighted by atomic mass is 10.2. The maximum Gasteiger partial charge on any atom is 0.226 e. The van der Waals surface area contributed by atoms with Crippen molar-refractivity contribution >= 4 is 33.5 Å². The van der Waals surface area contributed by atoms with Crippen LogP contribution in [0.5, 0.6) is 0 Å². The molecule has 0 saturated heterocycles.